The molecular formula is C27H19N3O6S. The summed E-state index contributed by atoms with van der Waals surface area (Å²) in [4.78, 5) is 42.8. The van der Waals surface area contributed by atoms with E-state index in [1.165, 1.54) is 55.2 Å². The van der Waals surface area contributed by atoms with Gasteiger partial charge in [-0.2, -0.15) is 10.1 Å². The Balaban J connectivity index is 1.57. The van der Waals surface area contributed by atoms with Crippen LogP contribution in [0.2, 0.25) is 0 Å². The molecule has 0 aliphatic carbocycles. The minimum absolute atomic E-state index is 0.167. The van der Waals surface area contributed by atoms with Crippen molar-refractivity contribution in [1.29, 1.82) is 0 Å². The van der Waals surface area contributed by atoms with Gasteiger partial charge in [0.25, 0.3) is 5.91 Å². The Morgan fingerprint density at radius 1 is 1.03 bits per heavy atom. The van der Waals surface area contributed by atoms with E-state index in [1.54, 1.807) is 43.5 Å². The van der Waals surface area contributed by atoms with Gasteiger partial charge in [0.1, 0.15) is 17.6 Å². The quantitative estimate of drug-likeness (QED) is 0.181. The number of ether oxygens (including phenoxy) is 2. The first-order chi connectivity index (χ1) is 18.0. The van der Waals surface area contributed by atoms with E-state index in [2.05, 4.69) is 10.1 Å². The predicted molar refractivity (Wildman–Crippen MR) is 141 cm³/mol. The molecule has 0 aliphatic heterocycles. The lowest BCUT2D eigenvalue weighted by Crippen LogP contribution is -2.26. The zero-order valence-corrected chi connectivity index (χ0v) is 20.5. The van der Waals surface area contributed by atoms with E-state index >= 15 is 0 Å². The molecule has 0 N–H and O–H groups in total. The molecule has 0 spiro atoms. The second-order valence-electron chi connectivity index (χ2n) is 7.78. The van der Waals surface area contributed by atoms with Gasteiger partial charge in [0, 0.05) is 5.56 Å². The van der Waals surface area contributed by atoms with Gasteiger partial charge in [-0.15, -0.1) is 0 Å². The molecule has 0 atom stereocenters. The Kier molecular flexibility index (Phi) is 6.48. The third-order valence-corrected chi connectivity index (χ3v) is 6.52. The molecule has 184 valence electrons. The van der Waals surface area contributed by atoms with E-state index in [1.807, 2.05) is 6.07 Å². The SMILES string of the molecule is COC(=O)c1ccc(C(=O)N(/N=C/c2coc3ccccc3c2=O)c2nc3ccc(OC)cc3s2)cc1. The van der Waals surface area contributed by atoms with Crippen LogP contribution in [0.4, 0.5) is 5.13 Å². The van der Waals surface area contributed by atoms with E-state index in [-0.39, 0.29) is 21.7 Å². The number of hydrazone groups is 1. The molecule has 1 amide bonds. The fraction of sp³-hybridized carbons (Fsp3) is 0.0741. The van der Waals surface area contributed by atoms with Crippen molar-refractivity contribution in [2.24, 2.45) is 5.10 Å². The lowest BCUT2D eigenvalue weighted by molar-refractivity contribution is 0.0600. The Bertz CT molecular complexity index is 1720. The minimum Gasteiger partial charge on any atom is -0.497 e. The number of para-hydroxylation sites is 1. The monoisotopic (exact) mass is 513 g/mol. The molecule has 0 saturated carbocycles. The van der Waals surface area contributed by atoms with Crippen molar-refractivity contribution in [2.45, 2.75) is 0 Å². The molecule has 10 heteroatoms. The van der Waals surface area contributed by atoms with E-state index in [9.17, 15) is 14.4 Å². The number of rotatable bonds is 6. The Hall–Kier alpha value is -4.83. The first kappa shape index (κ1) is 23.9. The van der Waals surface area contributed by atoms with Crippen LogP contribution in [0.1, 0.15) is 26.3 Å². The highest BCUT2D eigenvalue weighted by atomic mass is 32.1. The van der Waals surface area contributed by atoms with Crippen LogP contribution < -0.4 is 15.2 Å². The summed E-state index contributed by atoms with van der Waals surface area (Å²) >= 11 is 1.24. The van der Waals surface area contributed by atoms with Gasteiger partial charge in [-0.25, -0.2) is 9.78 Å². The van der Waals surface area contributed by atoms with Crippen molar-refractivity contribution < 1.29 is 23.5 Å². The van der Waals surface area contributed by atoms with Gasteiger partial charge < -0.3 is 13.9 Å². The van der Waals surface area contributed by atoms with Crippen molar-refractivity contribution in [3.05, 3.63) is 99.9 Å². The molecule has 0 bridgehead atoms. The number of esters is 1. The second-order valence-corrected chi connectivity index (χ2v) is 8.79. The molecule has 5 rings (SSSR count). The highest BCUT2D eigenvalue weighted by Gasteiger charge is 2.22. The first-order valence-corrected chi connectivity index (χ1v) is 11.8. The van der Waals surface area contributed by atoms with Gasteiger partial charge in [-0.1, -0.05) is 23.5 Å². The standard InChI is InChI=1S/C27H19N3O6S/c1-34-19-11-12-21-23(13-19)37-27(29-21)30(25(32)16-7-9-17(10-8-16)26(33)35-2)28-14-18-15-36-22-6-4-3-5-20(22)24(18)31/h3-15H,1-2H3/b28-14+. The summed E-state index contributed by atoms with van der Waals surface area (Å²) < 4.78 is 16.4. The van der Waals surface area contributed by atoms with Gasteiger partial charge in [0.15, 0.2) is 0 Å². The summed E-state index contributed by atoms with van der Waals surface area (Å²) in [5.41, 5.74) is 1.54. The van der Waals surface area contributed by atoms with E-state index in [4.69, 9.17) is 13.9 Å². The van der Waals surface area contributed by atoms with Crippen molar-refractivity contribution in [1.82, 2.24) is 4.98 Å². The summed E-state index contributed by atoms with van der Waals surface area (Å²) in [6, 6.07) is 18.2. The molecule has 9 nitrogen and oxygen atoms in total. The van der Waals surface area contributed by atoms with E-state index in [0.29, 0.717) is 27.8 Å². The molecule has 3 aromatic carbocycles. The fourth-order valence-electron chi connectivity index (χ4n) is 3.59. The van der Waals surface area contributed by atoms with E-state index in [0.717, 1.165) is 9.71 Å². The number of thiazole rings is 1. The third-order valence-electron chi connectivity index (χ3n) is 5.53. The molecule has 0 radical (unpaired) electrons. The summed E-state index contributed by atoms with van der Waals surface area (Å²) in [7, 11) is 2.85. The van der Waals surface area contributed by atoms with Crippen LogP contribution >= 0.6 is 11.3 Å². The van der Waals surface area contributed by atoms with Gasteiger partial charge in [-0.05, 0) is 54.6 Å². The number of nitrogens with zero attached hydrogens (tertiary/aromatic N) is 3. The Morgan fingerprint density at radius 2 is 1.78 bits per heavy atom. The van der Waals surface area contributed by atoms with E-state index < -0.39 is 11.9 Å². The molecule has 0 saturated heterocycles. The second kappa shape index (κ2) is 10.0. The summed E-state index contributed by atoms with van der Waals surface area (Å²) in [6.45, 7) is 0. The molecule has 0 unspecified atom stereocenters. The fourth-order valence-corrected chi connectivity index (χ4v) is 4.54. The smallest absolute Gasteiger partial charge is 0.337 e. The number of hydrogen-bond donors (Lipinski definition) is 0. The molecule has 5 aromatic rings. The van der Waals surface area contributed by atoms with Crippen molar-refractivity contribution in [2.75, 3.05) is 19.2 Å². The van der Waals surface area contributed by atoms with Gasteiger partial charge >= 0.3 is 5.97 Å². The molecule has 37 heavy (non-hydrogen) atoms. The lowest BCUT2D eigenvalue weighted by atomic mass is 10.1. The number of hydrogen-bond acceptors (Lipinski definition) is 9. The normalized spacial score (nSPS) is 11.2. The lowest BCUT2D eigenvalue weighted by Gasteiger charge is -2.14. The van der Waals surface area contributed by atoms with Gasteiger partial charge in [0.05, 0.1) is 47.2 Å². The zero-order chi connectivity index (χ0) is 25.9. The number of amides is 1. The van der Waals surface area contributed by atoms with Crippen LogP contribution in [-0.2, 0) is 4.74 Å². The van der Waals surface area contributed by atoms with Crippen molar-refractivity contribution >= 4 is 55.7 Å². The molecular weight excluding hydrogens is 494 g/mol. The van der Waals surface area contributed by atoms with Gasteiger partial charge in [-0.3, -0.25) is 9.59 Å². The third kappa shape index (κ3) is 4.69. The average Bonchev–Trinajstić information content (AvgIpc) is 3.36. The highest BCUT2D eigenvalue weighted by molar-refractivity contribution is 7.22. The highest BCUT2D eigenvalue weighted by Crippen LogP contribution is 2.32. The van der Waals surface area contributed by atoms with Crippen LogP contribution in [0.25, 0.3) is 21.2 Å². The zero-order valence-electron chi connectivity index (χ0n) is 19.7. The number of anilines is 1. The molecule has 0 fully saturated rings. The Labute approximate surface area is 214 Å². The number of aromatic nitrogens is 1. The maximum absolute atomic E-state index is 13.6. The number of benzene rings is 3. The number of methoxy groups -OCH3 is 2. The van der Waals surface area contributed by atoms with Crippen molar-refractivity contribution in [3.63, 3.8) is 0 Å². The van der Waals surface area contributed by atoms with Crippen molar-refractivity contribution in [3.8, 4) is 5.75 Å². The summed E-state index contributed by atoms with van der Waals surface area (Å²) in [5.74, 6) is -0.378. The number of carbonyl (C=O) groups excluding carboxylic acids is 2. The maximum Gasteiger partial charge on any atom is 0.337 e. The maximum atomic E-state index is 13.6. The number of fused-ring (bicyclic) bond motifs is 2. The van der Waals surface area contributed by atoms with Crippen LogP contribution in [0.3, 0.4) is 0 Å². The van der Waals surface area contributed by atoms with Crippen LogP contribution in [0, 0.1) is 0 Å². The summed E-state index contributed by atoms with van der Waals surface area (Å²) in [5, 5.41) is 6.14. The minimum atomic E-state index is -0.517. The average molecular weight is 514 g/mol. The first-order valence-electron chi connectivity index (χ1n) is 11.0. The Morgan fingerprint density at radius 3 is 2.54 bits per heavy atom. The topological polar surface area (TPSA) is 111 Å². The molecule has 2 aromatic heterocycles. The molecule has 0 aliphatic rings. The largest absolute Gasteiger partial charge is 0.497 e. The van der Waals surface area contributed by atoms with Crippen LogP contribution in [0.15, 0.2) is 87.3 Å². The van der Waals surface area contributed by atoms with Crippen LogP contribution in [-0.4, -0.2) is 37.3 Å². The molecule has 2 heterocycles. The number of carbonyl (C=O) groups is 2. The summed E-state index contributed by atoms with van der Waals surface area (Å²) in [6.07, 6.45) is 2.57. The van der Waals surface area contributed by atoms with Gasteiger partial charge in [0.2, 0.25) is 10.6 Å². The predicted octanol–water partition coefficient (Wildman–Crippen LogP) is 4.88. The van der Waals surface area contributed by atoms with Crippen LogP contribution in [0.5, 0.6) is 5.75 Å².